The van der Waals surface area contributed by atoms with Gasteiger partial charge in [0.05, 0.1) is 17.1 Å². The number of aromatic nitrogens is 3. The summed E-state index contributed by atoms with van der Waals surface area (Å²) in [4.78, 5) is 76.1. The zero-order chi connectivity index (χ0) is 47.1. The highest BCUT2D eigenvalue weighted by atomic mass is 35.5. The van der Waals surface area contributed by atoms with Gasteiger partial charge < -0.3 is 24.6 Å². The Balaban J connectivity index is 0.884. The number of piperazine rings is 1. The molecule has 0 saturated carbocycles. The van der Waals surface area contributed by atoms with Crippen LogP contribution < -0.4 is 10.2 Å². The third kappa shape index (κ3) is 9.18. The normalized spacial score (nSPS) is 18.6. The number of nitrogens with zero attached hydrogens (tertiary/aromatic N) is 7. The number of aryl methyl sites for hydroxylation is 1. The molecule has 0 aliphatic carbocycles. The van der Waals surface area contributed by atoms with Gasteiger partial charge in [-0.1, -0.05) is 17.7 Å². The van der Waals surface area contributed by atoms with E-state index in [4.69, 9.17) is 11.6 Å². The first-order chi connectivity index (χ1) is 32.2. The predicted molar refractivity (Wildman–Crippen MR) is 247 cm³/mol. The number of hydrogen-bond donors (Lipinski definition) is 2. The summed E-state index contributed by atoms with van der Waals surface area (Å²) >= 11 is 6.45. The number of halogens is 4. The van der Waals surface area contributed by atoms with Gasteiger partial charge in [-0.05, 0) is 90.9 Å². The number of piperidine rings is 2. The number of anilines is 1. The Hall–Kier alpha value is -6.46. The molecule has 4 aliphatic heterocycles. The molecule has 67 heavy (non-hydrogen) atoms. The standard InChI is InChI=1S/C49H51ClF3N9O5/c1-57(2)49(67)39-27-37-35(26-34(44(52)46(37)55-39)30-5-3-16-61(28-30)42(64)14-20-62-17-4-15-54-62)32-7-10-40(45(53)43(32)51)59-23-21-58(22-24-59)31-12-18-60(19-13-31)48(66)29-6-9-38(50)36(25-29)33-8-11-41(63)56-47(33)65/h4-7,9-10,15,17,25-27,31,33,55H,3,8,11-14,16,18-24,28H2,1-2H3,(H,56,63,65). The van der Waals surface area contributed by atoms with E-state index in [2.05, 4.69) is 20.3 Å². The zero-order valence-corrected chi connectivity index (χ0v) is 38.1. The van der Waals surface area contributed by atoms with Crippen LogP contribution in [0.3, 0.4) is 0 Å². The number of imide groups is 1. The highest BCUT2D eigenvalue weighted by molar-refractivity contribution is 6.32. The molecule has 5 amide bonds. The number of H-pyrrole nitrogens is 1. The highest BCUT2D eigenvalue weighted by Crippen LogP contribution is 2.40. The number of hydrogen-bond acceptors (Lipinski definition) is 8. The second-order valence-corrected chi connectivity index (χ2v) is 18.3. The lowest BCUT2D eigenvalue weighted by atomic mass is 9.89. The second kappa shape index (κ2) is 19.0. The van der Waals surface area contributed by atoms with Crippen molar-refractivity contribution in [3.8, 4) is 11.1 Å². The molecule has 3 saturated heterocycles. The van der Waals surface area contributed by atoms with E-state index in [9.17, 15) is 24.0 Å². The molecule has 3 fully saturated rings. The van der Waals surface area contributed by atoms with Crippen LogP contribution in [-0.4, -0.2) is 136 Å². The quantitative estimate of drug-likeness (QED) is 0.152. The van der Waals surface area contributed by atoms with Gasteiger partial charge in [0.2, 0.25) is 17.7 Å². The van der Waals surface area contributed by atoms with E-state index in [0.717, 1.165) is 12.8 Å². The lowest BCUT2D eigenvalue weighted by Gasteiger charge is -2.43. The molecule has 350 valence electrons. The minimum absolute atomic E-state index is 0.0279. The molecule has 0 spiro atoms. The SMILES string of the molecule is CN(C)C(=O)c1cc2c(-c3ccc(N4CCN(C5CCN(C(=O)c6ccc(Cl)c(C7CCC(=O)NC7=O)c6)CC5)CC4)c(F)c3F)cc(C3=CCCN(C(=O)CCn4cccn4)C3)c(F)c2[nH]1. The molecular formula is C49H51ClF3N9O5. The average Bonchev–Trinajstić information content (AvgIpc) is 4.04. The van der Waals surface area contributed by atoms with E-state index in [1.165, 1.54) is 23.1 Å². The molecule has 1 unspecified atom stereocenters. The summed E-state index contributed by atoms with van der Waals surface area (Å²) in [6.07, 6.45) is 7.91. The van der Waals surface area contributed by atoms with Gasteiger partial charge >= 0.3 is 0 Å². The summed E-state index contributed by atoms with van der Waals surface area (Å²) in [5.41, 5.74) is 1.87. The number of likely N-dealkylation sites (tertiary alicyclic amines) is 1. The minimum Gasteiger partial charge on any atom is -0.367 e. The molecule has 3 aromatic carbocycles. The van der Waals surface area contributed by atoms with Crippen molar-refractivity contribution >= 4 is 63.3 Å². The van der Waals surface area contributed by atoms with Crippen molar-refractivity contribution in [2.45, 2.75) is 57.0 Å². The molecule has 6 heterocycles. The third-order valence-corrected chi connectivity index (χ3v) is 13.9. The largest absolute Gasteiger partial charge is 0.367 e. The van der Waals surface area contributed by atoms with Crippen molar-refractivity contribution in [2.75, 3.05) is 71.4 Å². The molecule has 2 N–H and O–H groups in total. The zero-order valence-electron chi connectivity index (χ0n) is 37.3. The molecular weight excluding hydrogens is 887 g/mol. The van der Waals surface area contributed by atoms with Crippen LogP contribution in [0.5, 0.6) is 0 Å². The number of carbonyl (C=O) groups is 5. The molecule has 4 aliphatic rings. The maximum absolute atomic E-state index is 16.6. The monoisotopic (exact) mass is 937 g/mol. The van der Waals surface area contributed by atoms with Gasteiger partial charge in [0.25, 0.3) is 11.8 Å². The van der Waals surface area contributed by atoms with Gasteiger partial charge in [-0.3, -0.25) is 38.9 Å². The Morgan fingerprint density at radius 1 is 0.851 bits per heavy atom. The summed E-state index contributed by atoms with van der Waals surface area (Å²) in [7, 11) is 3.13. The number of carbonyl (C=O) groups excluding carboxylic acids is 5. The second-order valence-electron chi connectivity index (χ2n) is 17.9. The van der Waals surface area contributed by atoms with Crippen molar-refractivity contribution in [2.24, 2.45) is 0 Å². The fourth-order valence-electron chi connectivity index (χ4n) is 9.90. The first-order valence-corrected chi connectivity index (χ1v) is 23.0. The maximum atomic E-state index is 16.6. The van der Waals surface area contributed by atoms with Crippen molar-refractivity contribution in [1.82, 2.24) is 39.7 Å². The smallest absolute Gasteiger partial charge is 0.269 e. The minimum atomic E-state index is -1.10. The van der Waals surface area contributed by atoms with Crippen molar-refractivity contribution in [1.29, 1.82) is 0 Å². The van der Waals surface area contributed by atoms with Gasteiger partial charge in [0.15, 0.2) is 17.5 Å². The summed E-state index contributed by atoms with van der Waals surface area (Å²) in [6.45, 7) is 4.06. The predicted octanol–water partition coefficient (Wildman–Crippen LogP) is 6.46. The van der Waals surface area contributed by atoms with Crippen LogP contribution in [0.15, 0.2) is 67.0 Å². The fraction of sp³-hybridized carbons (Fsp3) is 0.388. The third-order valence-electron chi connectivity index (χ3n) is 13.6. The Labute approximate surface area is 390 Å². The Bertz CT molecular complexity index is 2790. The topological polar surface area (TPSA) is 147 Å². The Morgan fingerprint density at radius 2 is 1.63 bits per heavy atom. The van der Waals surface area contributed by atoms with Gasteiger partial charge in [-0.15, -0.1) is 0 Å². The number of nitrogens with one attached hydrogen (secondary N) is 2. The molecule has 9 rings (SSSR count). The van der Waals surface area contributed by atoms with Gasteiger partial charge in [0, 0.05) is 131 Å². The number of fused-ring (bicyclic) bond motifs is 1. The molecule has 1 atom stereocenters. The fourth-order valence-corrected chi connectivity index (χ4v) is 10.1. The van der Waals surface area contributed by atoms with Crippen LogP contribution in [0.1, 0.15) is 76.4 Å². The van der Waals surface area contributed by atoms with Crippen molar-refractivity contribution in [3.63, 3.8) is 0 Å². The number of benzene rings is 3. The van der Waals surface area contributed by atoms with E-state index in [1.54, 1.807) is 71.3 Å². The highest BCUT2D eigenvalue weighted by Gasteiger charge is 2.34. The first-order valence-electron chi connectivity index (χ1n) is 22.7. The van der Waals surface area contributed by atoms with E-state index in [-0.39, 0.29) is 82.1 Å². The lowest BCUT2D eigenvalue weighted by molar-refractivity contribution is -0.134. The first kappa shape index (κ1) is 45.7. The van der Waals surface area contributed by atoms with Gasteiger partial charge in [-0.25, -0.2) is 13.2 Å². The number of amides is 5. The van der Waals surface area contributed by atoms with Crippen LogP contribution in [-0.2, 0) is 20.9 Å². The van der Waals surface area contributed by atoms with E-state index >= 15 is 13.2 Å². The van der Waals surface area contributed by atoms with E-state index < -0.39 is 35.2 Å². The molecule has 14 nitrogen and oxygen atoms in total. The molecule has 0 radical (unpaired) electrons. The van der Waals surface area contributed by atoms with Crippen LogP contribution in [0.4, 0.5) is 18.9 Å². The van der Waals surface area contributed by atoms with Crippen LogP contribution in [0, 0.1) is 17.5 Å². The summed E-state index contributed by atoms with van der Waals surface area (Å²) in [5.74, 6) is -4.86. The van der Waals surface area contributed by atoms with E-state index in [0.29, 0.717) is 86.9 Å². The van der Waals surface area contributed by atoms with E-state index in [1.807, 2.05) is 11.0 Å². The Kier molecular flexibility index (Phi) is 13.0. The van der Waals surface area contributed by atoms with Crippen molar-refractivity contribution in [3.05, 3.63) is 112 Å². The molecule has 2 aromatic heterocycles. The number of rotatable bonds is 10. The van der Waals surface area contributed by atoms with Gasteiger partial charge in [0.1, 0.15) is 5.69 Å². The molecule has 5 aromatic rings. The Morgan fingerprint density at radius 3 is 2.34 bits per heavy atom. The summed E-state index contributed by atoms with van der Waals surface area (Å²) in [6, 6.07) is 12.9. The summed E-state index contributed by atoms with van der Waals surface area (Å²) in [5, 5.41) is 7.10. The van der Waals surface area contributed by atoms with Crippen molar-refractivity contribution < 1.29 is 37.1 Å². The molecule has 0 bridgehead atoms. The maximum Gasteiger partial charge on any atom is 0.269 e. The lowest BCUT2D eigenvalue weighted by Crippen LogP contribution is -2.54. The van der Waals surface area contributed by atoms with Crippen LogP contribution in [0.2, 0.25) is 5.02 Å². The van der Waals surface area contributed by atoms with Gasteiger partial charge in [-0.2, -0.15) is 5.10 Å². The average molecular weight is 938 g/mol. The molecule has 18 heteroatoms. The van der Waals surface area contributed by atoms with Crippen LogP contribution in [0.25, 0.3) is 27.6 Å². The summed E-state index contributed by atoms with van der Waals surface area (Å²) < 4.78 is 51.3. The number of aromatic amines is 1. The van der Waals surface area contributed by atoms with Crippen LogP contribution >= 0.6 is 11.6 Å².